The molecule has 0 unspecified atom stereocenters. The first kappa shape index (κ1) is 18.3. The van der Waals surface area contributed by atoms with Crippen LogP contribution in [0.25, 0.3) is 0 Å². The molecule has 128 valence electrons. The zero-order chi connectivity index (χ0) is 17.5. The van der Waals surface area contributed by atoms with Crippen molar-refractivity contribution in [1.29, 1.82) is 0 Å². The Morgan fingerprint density at radius 1 is 1.17 bits per heavy atom. The van der Waals surface area contributed by atoms with Gasteiger partial charge in [-0.2, -0.15) is 0 Å². The number of amides is 1. The third-order valence-electron chi connectivity index (χ3n) is 3.45. The molecule has 2 N–H and O–H groups in total. The summed E-state index contributed by atoms with van der Waals surface area (Å²) in [6.45, 7) is 6.72. The maximum Gasteiger partial charge on any atom is 0.238 e. The predicted molar refractivity (Wildman–Crippen MR) is 98.7 cm³/mol. The highest BCUT2D eigenvalue weighted by Gasteiger charge is 2.06. The van der Waals surface area contributed by atoms with Crippen LogP contribution in [0, 0.1) is 6.92 Å². The lowest BCUT2D eigenvalue weighted by atomic mass is 10.2. The van der Waals surface area contributed by atoms with Gasteiger partial charge in [0.25, 0.3) is 0 Å². The topological polar surface area (TPSA) is 50.4 Å². The van der Waals surface area contributed by atoms with Gasteiger partial charge in [0, 0.05) is 17.3 Å². The molecule has 2 rings (SSSR count). The second kappa shape index (κ2) is 8.71. The first-order chi connectivity index (χ1) is 11.5. The first-order valence-electron chi connectivity index (χ1n) is 7.97. The lowest BCUT2D eigenvalue weighted by molar-refractivity contribution is -0.115. The van der Waals surface area contributed by atoms with E-state index in [0.29, 0.717) is 11.6 Å². The van der Waals surface area contributed by atoms with Crippen molar-refractivity contribution < 1.29 is 9.53 Å². The van der Waals surface area contributed by atoms with Crippen molar-refractivity contribution in [3.63, 3.8) is 0 Å². The van der Waals surface area contributed by atoms with E-state index in [4.69, 9.17) is 16.3 Å². The molecule has 0 radical (unpaired) electrons. The van der Waals surface area contributed by atoms with Crippen LogP contribution in [0.15, 0.2) is 42.5 Å². The number of rotatable bonds is 7. The number of anilines is 1. The molecule has 0 aliphatic carbocycles. The zero-order valence-corrected chi connectivity index (χ0v) is 15.0. The van der Waals surface area contributed by atoms with Crippen LogP contribution in [0.5, 0.6) is 5.75 Å². The highest BCUT2D eigenvalue weighted by atomic mass is 35.5. The fraction of sp³-hybridized carbons (Fsp3) is 0.316. The van der Waals surface area contributed by atoms with Gasteiger partial charge in [-0.05, 0) is 56.2 Å². The summed E-state index contributed by atoms with van der Waals surface area (Å²) in [5.74, 6) is 0.753. The average molecular weight is 347 g/mol. The largest absolute Gasteiger partial charge is 0.491 e. The van der Waals surface area contributed by atoms with Gasteiger partial charge in [-0.15, -0.1) is 0 Å². The van der Waals surface area contributed by atoms with Crippen LogP contribution in [0.4, 0.5) is 5.69 Å². The quantitative estimate of drug-likeness (QED) is 0.791. The molecule has 0 atom stereocenters. The minimum atomic E-state index is -0.0971. The number of carbonyl (C=O) groups excluding carboxylic acids is 1. The summed E-state index contributed by atoms with van der Waals surface area (Å²) >= 11 is 6.05. The number of hydrogen-bond acceptors (Lipinski definition) is 3. The van der Waals surface area contributed by atoms with Crippen LogP contribution < -0.4 is 15.4 Å². The van der Waals surface area contributed by atoms with Crippen molar-refractivity contribution in [2.45, 2.75) is 33.4 Å². The van der Waals surface area contributed by atoms with E-state index in [-0.39, 0.29) is 18.6 Å². The van der Waals surface area contributed by atoms with Crippen LogP contribution in [-0.2, 0) is 11.3 Å². The summed E-state index contributed by atoms with van der Waals surface area (Å²) in [5, 5.41) is 6.64. The van der Waals surface area contributed by atoms with Gasteiger partial charge in [0.15, 0.2) is 0 Å². The van der Waals surface area contributed by atoms with Crippen molar-refractivity contribution in [3.8, 4) is 5.75 Å². The number of ether oxygens (including phenoxy) is 1. The average Bonchev–Trinajstić information content (AvgIpc) is 2.53. The SMILES string of the molecule is Cc1c(Cl)cccc1NC(=O)CNCc1ccc(OC(C)C)cc1. The predicted octanol–water partition coefficient (Wildman–Crippen LogP) is 4.16. The lowest BCUT2D eigenvalue weighted by Crippen LogP contribution is -2.28. The summed E-state index contributed by atoms with van der Waals surface area (Å²) in [4.78, 5) is 12.0. The van der Waals surface area contributed by atoms with Crippen molar-refractivity contribution in [2.75, 3.05) is 11.9 Å². The molecule has 0 saturated heterocycles. The van der Waals surface area contributed by atoms with Crippen molar-refractivity contribution in [1.82, 2.24) is 5.32 Å². The van der Waals surface area contributed by atoms with Crippen LogP contribution in [-0.4, -0.2) is 18.6 Å². The minimum absolute atomic E-state index is 0.0971. The van der Waals surface area contributed by atoms with E-state index in [1.54, 1.807) is 6.07 Å². The van der Waals surface area contributed by atoms with Gasteiger partial charge in [-0.25, -0.2) is 0 Å². The Hall–Kier alpha value is -2.04. The minimum Gasteiger partial charge on any atom is -0.491 e. The molecule has 1 amide bonds. The standard InChI is InChI=1S/C19H23ClN2O2/c1-13(2)24-16-9-7-15(8-10-16)11-21-12-19(23)22-18-6-4-5-17(20)14(18)3/h4-10,13,21H,11-12H2,1-3H3,(H,22,23). The monoisotopic (exact) mass is 346 g/mol. The van der Waals surface area contributed by atoms with Crippen molar-refractivity contribution in [2.24, 2.45) is 0 Å². The zero-order valence-electron chi connectivity index (χ0n) is 14.2. The van der Waals surface area contributed by atoms with E-state index >= 15 is 0 Å². The molecule has 2 aromatic carbocycles. The van der Waals surface area contributed by atoms with Crippen LogP contribution >= 0.6 is 11.6 Å². The Balaban J connectivity index is 1.79. The van der Waals surface area contributed by atoms with Crippen LogP contribution in [0.3, 0.4) is 0 Å². The Kier molecular flexibility index (Phi) is 6.64. The van der Waals surface area contributed by atoms with E-state index in [1.165, 1.54) is 0 Å². The molecule has 2 aromatic rings. The van der Waals surface area contributed by atoms with Gasteiger partial charge in [-0.3, -0.25) is 4.79 Å². The fourth-order valence-electron chi connectivity index (χ4n) is 2.22. The lowest BCUT2D eigenvalue weighted by Gasteiger charge is -2.11. The summed E-state index contributed by atoms with van der Waals surface area (Å²) in [6, 6.07) is 13.3. The van der Waals surface area contributed by atoms with Gasteiger partial charge in [0.1, 0.15) is 5.75 Å². The van der Waals surface area contributed by atoms with E-state index in [9.17, 15) is 4.79 Å². The van der Waals surface area contributed by atoms with Crippen molar-refractivity contribution in [3.05, 3.63) is 58.6 Å². The Morgan fingerprint density at radius 2 is 1.88 bits per heavy atom. The molecule has 0 bridgehead atoms. The Bertz CT molecular complexity index is 684. The fourth-order valence-corrected chi connectivity index (χ4v) is 2.39. The van der Waals surface area contributed by atoms with Gasteiger partial charge in [0.2, 0.25) is 5.91 Å². The van der Waals surface area contributed by atoms with Crippen LogP contribution in [0.1, 0.15) is 25.0 Å². The molecule has 5 heteroatoms. The molecule has 0 fully saturated rings. The number of halogens is 1. The maximum absolute atomic E-state index is 12.0. The molecule has 24 heavy (non-hydrogen) atoms. The highest BCUT2D eigenvalue weighted by molar-refractivity contribution is 6.31. The molecule has 0 heterocycles. The molecular formula is C19H23ClN2O2. The highest BCUT2D eigenvalue weighted by Crippen LogP contribution is 2.22. The molecule has 0 spiro atoms. The summed E-state index contributed by atoms with van der Waals surface area (Å²) < 4.78 is 5.60. The normalized spacial score (nSPS) is 10.7. The molecule has 0 aliphatic rings. The maximum atomic E-state index is 12.0. The third-order valence-corrected chi connectivity index (χ3v) is 3.86. The molecule has 0 saturated carbocycles. The van der Waals surface area contributed by atoms with E-state index in [0.717, 1.165) is 22.6 Å². The molecule has 0 aromatic heterocycles. The molecule has 0 aliphatic heterocycles. The first-order valence-corrected chi connectivity index (χ1v) is 8.35. The van der Waals surface area contributed by atoms with Crippen LogP contribution in [0.2, 0.25) is 5.02 Å². The van der Waals surface area contributed by atoms with Gasteiger partial charge >= 0.3 is 0 Å². The van der Waals surface area contributed by atoms with Gasteiger partial charge in [-0.1, -0.05) is 29.8 Å². The van der Waals surface area contributed by atoms with E-state index in [2.05, 4.69) is 10.6 Å². The van der Waals surface area contributed by atoms with Crippen molar-refractivity contribution >= 4 is 23.2 Å². The van der Waals surface area contributed by atoms with Gasteiger partial charge < -0.3 is 15.4 Å². The molecule has 4 nitrogen and oxygen atoms in total. The number of hydrogen-bond donors (Lipinski definition) is 2. The number of carbonyl (C=O) groups is 1. The second-order valence-corrected chi connectivity index (χ2v) is 6.28. The number of nitrogens with one attached hydrogen (secondary N) is 2. The summed E-state index contributed by atoms with van der Waals surface area (Å²) in [7, 11) is 0. The molecular weight excluding hydrogens is 324 g/mol. The van der Waals surface area contributed by atoms with Gasteiger partial charge in [0.05, 0.1) is 12.6 Å². The smallest absolute Gasteiger partial charge is 0.238 e. The summed E-state index contributed by atoms with van der Waals surface area (Å²) in [6.07, 6.45) is 0.160. The summed E-state index contributed by atoms with van der Waals surface area (Å²) in [5.41, 5.74) is 2.70. The van der Waals surface area contributed by atoms with E-state index < -0.39 is 0 Å². The third kappa shape index (κ3) is 5.55. The number of benzene rings is 2. The van der Waals surface area contributed by atoms with E-state index in [1.807, 2.05) is 57.2 Å². The second-order valence-electron chi connectivity index (χ2n) is 5.87. The Labute approximate surface area is 148 Å². The Morgan fingerprint density at radius 3 is 2.54 bits per heavy atom.